The van der Waals surface area contributed by atoms with Crippen LogP contribution in [-0.2, 0) is 9.47 Å². The highest BCUT2D eigenvalue weighted by Gasteiger charge is 2.09. The minimum atomic E-state index is -0.511. The van der Waals surface area contributed by atoms with Crippen LogP contribution >= 0.6 is 0 Å². The third-order valence-electron chi connectivity index (χ3n) is 2.07. The van der Waals surface area contributed by atoms with Gasteiger partial charge in [-0.15, -0.1) is 0 Å². The number of esters is 1. The highest BCUT2D eigenvalue weighted by molar-refractivity contribution is 5.90. The Morgan fingerprint density at radius 1 is 1.24 bits per heavy atom. The molecule has 0 aliphatic heterocycles. The van der Waals surface area contributed by atoms with Crippen LogP contribution in [0.5, 0.6) is 11.5 Å². The molecule has 1 N–H and O–H groups in total. The number of rotatable bonds is 6. The first-order chi connectivity index (χ1) is 8.17. The highest BCUT2D eigenvalue weighted by atomic mass is 16.5. The predicted molar refractivity (Wildman–Crippen MR) is 61.4 cm³/mol. The van der Waals surface area contributed by atoms with Crippen molar-refractivity contribution in [1.82, 2.24) is 0 Å². The summed E-state index contributed by atoms with van der Waals surface area (Å²) < 4.78 is 14.8. The molecule has 0 bridgehead atoms. The fourth-order valence-electron chi connectivity index (χ4n) is 1.30. The maximum atomic E-state index is 11.3. The van der Waals surface area contributed by atoms with Crippen LogP contribution in [0, 0.1) is 0 Å². The van der Waals surface area contributed by atoms with Gasteiger partial charge in [0.15, 0.2) is 0 Å². The first-order valence-electron chi connectivity index (χ1n) is 5.21. The Bertz CT molecular complexity index is 375. The van der Waals surface area contributed by atoms with Crippen LogP contribution in [0.4, 0.5) is 0 Å². The molecule has 0 unspecified atom stereocenters. The van der Waals surface area contributed by atoms with Crippen molar-refractivity contribution in [3.63, 3.8) is 0 Å². The molecule has 1 aromatic carbocycles. The fourth-order valence-corrected chi connectivity index (χ4v) is 1.30. The third kappa shape index (κ3) is 4.32. The molecule has 0 saturated heterocycles. The standard InChI is InChI=1S/C12H16O5/c1-15-4-3-5-17-11-7-9(12(14)16-2)6-10(13)8-11/h6-8,13H,3-5H2,1-2H3. The number of hydrogen-bond donors (Lipinski definition) is 1. The van der Waals surface area contributed by atoms with Gasteiger partial charge < -0.3 is 19.3 Å². The molecule has 1 aromatic rings. The van der Waals surface area contributed by atoms with E-state index in [9.17, 15) is 9.90 Å². The molecular formula is C12H16O5. The van der Waals surface area contributed by atoms with E-state index in [4.69, 9.17) is 9.47 Å². The molecule has 0 saturated carbocycles. The van der Waals surface area contributed by atoms with Gasteiger partial charge in [0, 0.05) is 26.2 Å². The Kier molecular flexibility index (Phi) is 5.29. The molecular weight excluding hydrogens is 224 g/mol. The zero-order valence-electron chi connectivity index (χ0n) is 9.93. The summed E-state index contributed by atoms with van der Waals surface area (Å²) in [6.45, 7) is 1.06. The summed E-state index contributed by atoms with van der Waals surface area (Å²) in [6.07, 6.45) is 0.736. The summed E-state index contributed by atoms with van der Waals surface area (Å²) in [5.41, 5.74) is 0.259. The quantitative estimate of drug-likeness (QED) is 0.604. The minimum absolute atomic E-state index is 0.0327. The summed E-state index contributed by atoms with van der Waals surface area (Å²) in [4.78, 5) is 11.3. The Morgan fingerprint density at radius 3 is 2.65 bits per heavy atom. The molecule has 0 aromatic heterocycles. The predicted octanol–water partition coefficient (Wildman–Crippen LogP) is 1.59. The Hall–Kier alpha value is -1.75. The molecule has 0 spiro atoms. The zero-order chi connectivity index (χ0) is 12.7. The maximum absolute atomic E-state index is 11.3. The third-order valence-corrected chi connectivity index (χ3v) is 2.07. The van der Waals surface area contributed by atoms with Crippen LogP contribution in [0.3, 0.4) is 0 Å². The van der Waals surface area contributed by atoms with Crippen molar-refractivity contribution < 1.29 is 24.1 Å². The van der Waals surface area contributed by atoms with Crippen molar-refractivity contribution in [2.24, 2.45) is 0 Å². The Labute approximate surface area is 99.9 Å². The van der Waals surface area contributed by atoms with Gasteiger partial charge in [-0.1, -0.05) is 0 Å². The molecule has 5 nitrogen and oxygen atoms in total. The molecule has 0 radical (unpaired) electrons. The van der Waals surface area contributed by atoms with Gasteiger partial charge in [0.25, 0.3) is 0 Å². The number of benzene rings is 1. The summed E-state index contributed by atoms with van der Waals surface area (Å²) in [7, 11) is 2.90. The van der Waals surface area contributed by atoms with E-state index in [1.807, 2.05) is 0 Å². The lowest BCUT2D eigenvalue weighted by Gasteiger charge is -2.08. The van der Waals surface area contributed by atoms with Gasteiger partial charge >= 0.3 is 5.97 Å². The minimum Gasteiger partial charge on any atom is -0.508 e. The van der Waals surface area contributed by atoms with E-state index in [2.05, 4.69) is 4.74 Å². The van der Waals surface area contributed by atoms with Gasteiger partial charge in [-0.25, -0.2) is 4.79 Å². The largest absolute Gasteiger partial charge is 0.508 e. The van der Waals surface area contributed by atoms with Gasteiger partial charge in [0.05, 0.1) is 19.3 Å². The van der Waals surface area contributed by atoms with Crippen molar-refractivity contribution in [2.75, 3.05) is 27.4 Å². The summed E-state index contributed by atoms with van der Waals surface area (Å²) in [5.74, 6) is -0.112. The Balaban J connectivity index is 2.65. The number of methoxy groups -OCH3 is 2. The van der Waals surface area contributed by atoms with Gasteiger partial charge in [-0.05, 0) is 12.1 Å². The molecule has 1 rings (SSSR count). The van der Waals surface area contributed by atoms with E-state index in [-0.39, 0.29) is 11.3 Å². The summed E-state index contributed by atoms with van der Waals surface area (Å²) in [5, 5.41) is 9.43. The van der Waals surface area contributed by atoms with Crippen molar-refractivity contribution in [3.8, 4) is 11.5 Å². The number of phenolic OH excluding ortho intramolecular Hbond substituents is 1. The van der Waals surface area contributed by atoms with E-state index >= 15 is 0 Å². The molecule has 0 aliphatic carbocycles. The monoisotopic (exact) mass is 240 g/mol. The average Bonchev–Trinajstić information content (AvgIpc) is 2.33. The van der Waals surface area contributed by atoms with E-state index in [0.29, 0.717) is 19.0 Å². The number of aromatic hydroxyl groups is 1. The SMILES string of the molecule is COCCCOc1cc(O)cc(C(=O)OC)c1. The van der Waals surface area contributed by atoms with E-state index < -0.39 is 5.97 Å². The summed E-state index contributed by atoms with van der Waals surface area (Å²) in [6, 6.07) is 4.30. The number of phenols is 1. The summed E-state index contributed by atoms with van der Waals surface area (Å²) >= 11 is 0. The lowest BCUT2D eigenvalue weighted by molar-refractivity contribution is 0.0599. The second-order valence-corrected chi connectivity index (χ2v) is 3.40. The molecule has 0 heterocycles. The topological polar surface area (TPSA) is 65.0 Å². The number of carbonyl (C=O) groups excluding carboxylic acids is 1. The van der Waals surface area contributed by atoms with E-state index in [1.165, 1.54) is 25.3 Å². The van der Waals surface area contributed by atoms with Crippen LogP contribution in [0.15, 0.2) is 18.2 Å². The number of carbonyl (C=O) groups is 1. The van der Waals surface area contributed by atoms with Crippen molar-refractivity contribution >= 4 is 5.97 Å². The average molecular weight is 240 g/mol. The van der Waals surface area contributed by atoms with Gasteiger partial charge in [0.2, 0.25) is 0 Å². The van der Waals surface area contributed by atoms with E-state index in [0.717, 1.165) is 6.42 Å². The number of ether oxygens (including phenoxy) is 3. The second-order valence-electron chi connectivity index (χ2n) is 3.40. The Morgan fingerprint density at radius 2 is 2.00 bits per heavy atom. The van der Waals surface area contributed by atoms with Crippen LogP contribution in [-0.4, -0.2) is 38.5 Å². The van der Waals surface area contributed by atoms with Crippen molar-refractivity contribution in [1.29, 1.82) is 0 Å². The van der Waals surface area contributed by atoms with E-state index in [1.54, 1.807) is 7.11 Å². The van der Waals surface area contributed by atoms with Gasteiger partial charge in [0.1, 0.15) is 11.5 Å². The van der Waals surface area contributed by atoms with Crippen LogP contribution in [0.2, 0.25) is 0 Å². The fraction of sp³-hybridized carbons (Fsp3) is 0.417. The van der Waals surface area contributed by atoms with Crippen LogP contribution < -0.4 is 4.74 Å². The smallest absolute Gasteiger partial charge is 0.338 e. The normalized spacial score (nSPS) is 10.0. The van der Waals surface area contributed by atoms with Gasteiger partial charge in [-0.2, -0.15) is 0 Å². The lowest BCUT2D eigenvalue weighted by Crippen LogP contribution is -2.04. The maximum Gasteiger partial charge on any atom is 0.338 e. The first-order valence-corrected chi connectivity index (χ1v) is 5.21. The first kappa shape index (κ1) is 13.3. The molecule has 0 aliphatic rings. The lowest BCUT2D eigenvalue weighted by atomic mass is 10.2. The second kappa shape index (κ2) is 6.75. The highest BCUT2D eigenvalue weighted by Crippen LogP contribution is 2.22. The molecule has 94 valence electrons. The molecule has 0 fully saturated rings. The molecule has 0 amide bonds. The van der Waals surface area contributed by atoms with Gasteiger partial charge in [-0.3, -0.25) is 0 Å². The molecule has 0 atom stereocenters. The van der Waals surface area contributed by atoms with Crippen molar-refractivity contribution in [3.05, 3.63) is 23.8 Å². The molecule has 17 heavy (non-hydrogen) atoms. The zero-order valence-corrected chi connectivity index (χ0v) is 9.93. The van der Waals surface area contributed by atoms with Crippen molar-refractivity contribution in [2.45, 2.75) is 6.42 Å². The van der Waals surface area contributed by atoms with Crippen LogP contribution in [0.25, 0.3) is 0 Å². The molecule has 5 heteroatoms. The van der Waals surface area contributed by atoms with Crippen LogP contribution in [0.1, 0.15) is 16.8 Å². The number of hydrogen-bond acceptors (Lipinski definition) is 5.